The van der Waals surface area contributed by atoms with Crippen molar-refractivity contribution in [3.8, 4) is 0 Å². The van der Waals surface area contributed by atoms with Crippen LogP contribution in [-0.4, -0.2) is 10.1 Å². The number of para-hydroxylation sites is 1. The molecule has 2 rings (SSSR count). The molecule has 3 N–H and O–H groups in total. The van der Waals surface area contributed by atoms with E-state index in [2.05, 4.69) is 4.98 Å². The SMILES string of the molecule is Nc1cccc2nc(CO)oc12. The van der Waals surface area contributed by atoms with Crippen molar-refractivity contribution in [1.29, 1.82) is 0 Å². The lowest BCUT2D eigenvalue weighted by Gasteiger charge is -1.89. The van der Waals surface area contributed by atoms with Gasteiger partial charge in [-0.3, -0.25) is 0 Å². The van der Waals surface area contributed by atoms with Crippen molar-refractivity contribution in [3.05, 3.63) is 24.1 Å². The van der Waals surface area contributed by atoms with Gasteiger partial charge in [-0.05, 0) is 12.1 Å². The van der Waals surface area contributed by atoms with Crippen molar-refractivity contribution >= 4 is 16.8 Å². The van der Waals surface area contributed by atoms with Crippen molar-refractivity contribution in [1.82, 2.24) is 4.98 Å². The number of hydrogen-bond acceptors (Lipinski definition) is 4. The molecule has 4 nitrogen and oxygen atoms in total. The predicted molar refractivity (Wildman–Crippen MR) is 44.3 cm³/mol. The van der Waals surface area contributed by atoms with Gasteiger partial charge in [0.05, 0.1) is 5.69 Å². The molecule has 0 saturated carbocycles. The zero-order valence-electron chi connectivity index (χ0n) is 6.32. The standard InChI is InChI=1S/C8H8N2O2/c9-5-2-1-3-6-8(5)12-7(4-11)10-6/h1-3,11H,4,9H2. The monoisotopic (exact) mass is 164 g/mol. The largest absolute Gasteiger partial charge is 0.436 e. The van der Waals surface area contributed by atoms with E-state index in [9.17, 15) is 0 Å². The molecule has 1 heterocycles. The van der Waals surface area contributed by atoms with Gasteiger partial charge in [-0.25, -0.2) is 4.98 Å². The molecule has 0 fully saturated rings. The van der Waals surface area contributed by atoms with Crippen LogP contribution in [0.4, 0.5) is 5.69 Å². The van der Waals surface area contributed by atoms with Crippen LogP contribution in [0, 0.1) is 0 Å². The number of fused-ring (bicyclic) bond motifs is 1. The fraction of sp³-hybridized carbons (Fsp3) is 0.125. The molecule has 0 radical (unpaired) electrons. The number of nitrogens with two attached hydrogens (primary N) is 1. The van der Waals surface area contributed by atoms with Gasteiger partial charge in [0.2, 0.25) is 5.89 Å². The third-order valence-corrected chi connectivity index (χ3v) is 1.62. The van der Waals surface area contributed by atoms with Gasteiger partial charge in [0.1, 0.15) is 12.1 Å². The maximum Gasteiger partial charge on any atom is 0.221 e. The molecule has 4 heteroatoms. The van der Waals surface area contributed by atoms with Crippen LogP contribution in [0.5, 0.6) is 0 Å². The summed E-state index contributed by atoms with van der Waals surface area (Å²) < 4.78 is 5.16. The van der Waals surface area contributed by atoms with E-state index < -0.39 is 0 Å². The topological polar surface area (TPSA) is 72.3 Å². The Hall–Kier alpha value is -1.55. The number of oxazole rings is 1. The summed E-state index contributed by atoms with van der Waals surface area (Å²) in [4.78, 5) is 4.00. The van der Waals surface area contributed by atoms with Gasteiger partial charge < -0.3 is 15.3 Å². The summed E-state index contributed by atoms with van der Waals surface area (Å²) in [6.45, 7) is -0.200. The molecule has 0 aliphatic carbocycles. The van der Waals surface area contributed by atoms with Gasteiger partial charge in [0, 0.05) is 0 Å². The van der Waals surface area contributed by atoms with Crippen LogP contribution in [0.15, 0.2) is 22.6 Å². The molecule has 0 amide bonds. The summed E-state index contributed by atoms with van der Waals surface area (Å²) in [5.41, 5.74) is 7.37. The maximum absolute atomic E-state index is 8.73. The Balaban J connectivity index is 2.74. The van der Waals surface area contributed by atoms with Gasteiger partial charge in [-0.2, -0.15) is 0 Å². The molecule has 0 aliphatic rings. The van der Waals surface area contributed by atoms with E-state index in [0.717, 1.165) is 0 Å². The van der Waals surface area contributed by atoms with Gasteiger partial charge in [0.15, 0.2) is 5.58 Å². The van der Waals surface area contributed by atoms with Crippen LogP contribution in [0.1, 0.15) is 5.89 Å². The van der Waals surface area contributed by atoms with Crippen LogP contribution in [0.2, 0.25) is 0 Å². The van der Waals surface area contributed by atoms with E-state index in [4.69, 9.17) is 15.3 Å². The molecule has 0 aliphatic heterocycles. The van der Waals surface area contributed by atoms with E-state index in [0.29, 0.717) is 22.7 Å². The quantitative estimate of drug-likeness (QED) is 0.614. The number of benzene rings is 1. The van der Waals surface area contributed by atoms with Crippen molar-refractivity contribution in [2.24, 2.45) is 0 Å². The first kappa shape index (κ1) is 7.12. The second-order valence-electron chi connectivity index (χ2n) is 2.46. The lowest BCUT2D eigenvalue weighted by Crippen LogP contribution is -1.82. The zero-order chi connectivity index (χ0) is 8.55. The van der Waals surface area contributed by atoms with Crippen LogP contribution < -0.4 is 5.73 Å². The summed E-state index contributed by atoms with van der Waals surface area (Å²) >= 11 is 0. The van der Waals surface area contributed by atoms with E-state index in [1.165, 1.54) is 0 Å². The number of anilines is 1. The fourth-order valence-corrected chi connectivity index (χ4v) is 1.08. The van der Waals surface area contributed by atoms with Crippen molar-refractivity contribution in [2.45, 2.75) is 6.61 Å². The number of aliphatic hydroxyl groups is 1. The molecule has 62 valence electrons. The van der Waals surface area contributed by atoms with E-state index in [-0.39, 0.29) is 6.61 Å². The highest BCUT2D eigenvalue weighted by Crippen LogP contribution is 2.21. The number of nitrogens with zero attached hydrogens (tertiary/aromatic N) is 1. The van der Waals surface area contributed by atoms with E-state index in [1.807, 2.05) is 0 Å². The minimum absolute atomic E-state index is 0.200. The van der Waals surface area contributed by atoms with Crippen LogP contribution in [0.3, 0.4) is 0 Å². The lowest BCUT2D eigenvalue weighted by molar-refractivity contribution is 0.244. The first-order valence-electron chi connectivity index (χ1n) is 3.56. The Labute approximate surface area is 68.6 Å². The van der Waals surface area contributed by atoms with Crippen LogP contribution >= 0.6 is 0 Å². The normalized spacial score (nSPS) is 10.8. The molecule has 0 unspecified atom stereocenters. The highest BCUT2D eigenvalue weighted by atomic mass is 16.4. The zero-order valence-corrected chi connectivity index (χ0v) is 6.32. The summed E-state index contributed by atoms with van der Waals surface area (Å²) in [7, 11) is 0. The fourth-order valence-electron chi connectivity index (χ4n) is 1.08. The maximum atomic E-state index is 8.73. The molecule has 0 saturated heterocycles. The van der Waals surface area contributed by atoms with E-state index in [1.54, 1.807) is 18.2 Å². The lowest BCUT2D eigenvalue weighted by atomic mass is 10.3. The van der Waals surface area contributed by atoms with Crippen LogP contribution in [0.25, 0.3) is 11.1 Å². The Morgan fingerprint density at radius 3 is 3.00 bits per heavy atom. The van der Waals surface area contributed by atoms with Crippen LogP contribution in [-0.2, 0) is 6.61 Å². The number of hydrogen-bond donors (Lipinski definition) is 2. The predicted octanol–water partition coefficient (Wildman–Crippen LogP) is 0.902. The van der Waals surface area contributed by atoms with Crippen molar-refractivity contribution in [3.63, 3.8) is 0 Å². The highest BCUT2D eigenvalue weighted by molar-refractivity contribution is 5.84. The minimum atomic E-state index is -0.200. The number of aliphatic hydroxyl groups excluding tert-OH is 1. The molecular formula is C8H8N2O2. The Kier molecular flexibility index (Phi) is 1.48. The molecule has 0 bridgehead atoms. The first-order chi connectivity index (χ1) is 5.81. The van der Waals surface area contributed by atoms with E-state index >= 15 is 0 Å². The number of aromatic nitrogens is 1. The van der Waals surface area contributed by atoms with Crippen molar-refractivity contribution in [2.75, 3.05) is 5.73 Å². The molecule has 0 spiro atoms. The number of rotatable bonds is 1. The third-order valence-electron chi connectivity index (χ3n) is 1.62. The molecular weight excluding hydrogens is 156 g/mol. The summed E-state index contributed by atoms with van der Waals surface area (Å²) in [5, 5.41) is 8.73. The number of nitrogen functional groups attached to an aromatic ring is 1. The van der Waals surface area contributed by atoms with Gasteiger partial charge in [-0.1, -0.05) is 6.07 Å². The summed E-state index contributed by atoms with van der Waals surface area (Å²) in [5.74, 6) is 0.294. The Morgan fingerprint density at radius 2 is 2.33 bits per heavy atom. The average molecular weight is 164 g/mol. The average Bonchev–Trinajstić information content (AvgIpc) is 2.49. The van der Waals surface area contributed by atoms with Gasteiger partial charge >= 0.3 is 0 Å². The summed E-state index contributed by atoms with van der Waals surface area (Å²) in [6.07, 6.45) is 0. The Bertz CT molecular complexity index is 408. The molecule has 12 heavy (non-hydrogen) atoms. The van der Waals surface area contributed by atoms with Crippen molar-refractivity contribution < 1.29 is 9.52 Å². The molecule has 1 aromatic heterocycles. The Morgan fingerprint density at radius 1 is 1.50 bits per heavy atom. The van der Waals surface area contributed by atoms with Gasteiger partial charge in [0.25, 0.3) is 0 Å². The smallest absolute Gasteiger partial charge is 0.221 e. The second kappa shape index (κ2) is 2.49. The molecule has 1 aromatic carbocycles. The summed E-state index contributed by atoms with van der Waals surface area (Å²) in [6, 6.07) is 5.31. The third kappa shape index (κ3) is 0.931. The highest BCUT2D eigenvalue weighted by Gasteiger charge is 2.05. The molecule has 0 atom stereocenters. The van der Waals surface area contributed by atoms with Gasteiger partial charge in [-0.15, -0.1) is 0 Å². The minimum Gasteiger partial charge on any atom is -0.436 e. The second-order valence-corrected chi connectivity index (χ2v) is 2.46. The molecule has 2 aromatic rings. The first-order valence-corrected chi connectivity index (χ1v) is 3.56.